The second-order valence-corrected chi connectivity index (χ2v) is 8.19. The minimum absolute atomic E-state index is 0.777. The van der Waals surface area contributed by atoms with Crippen LogP contribution in [0.2, 0.25) is 0 Å². The third kappa shape index (κ3) is 9.00. The van der Waals surface area contributed by atoms with Crippen molar-refractivity contribution in [3.63, 3.8) is 0 Å². The van der Waals surface area contributed by atoms with Gasteiger partial charge in [-0.05, 0) is 67.9 Å². The molecule has 0 bridgehead atoms. The van der Waals surface area contributed by atoms with Crippen LogP contribution in [0.25, 0.3) is 0 Å². The van der Waals surface area contributed by atoms with E-state index in [1.807, 2.05) is 0 Å². The molecule has 0 spiro atoms. The third-order valence-electron chi connectivity index (χ3n) is 4.52. The van der Waals surface area contributed by atoms with Gasteiger partial charge in [0.2, 0.25) is 0 Å². The molecule has 2 atom stereocenters. The first-order chi connectivity index (χ1) is 9.25. The van der Waals surface area contributed by atoms with E-state index in [1.165, 1.54) is 32.4 Å². The van der Waals surface area contributed by atoms with E-state index in [2.05, 4.69) is 60.7 Å². The van der Waals surface area contributed by atoms with E-state index < -0.39 is 0 Å². The van der Waals surface area contributed by atoms with Gasteiger partial charge in [-0.1, -0.05) is 55.4 Å². The molecule has 0 aliphatic heterocycles. The second-order valence-electron chi connectivity index (χ2n) is 8.19. The Labute approximate surface area is 129 Å². The summed E-state index contributed by atoms with van der Waals surface area (Å²) in [5, 5.41) is 3.73. The van der Waals surface area contributed by atoms with Crippen molar-refractivity contribution in [3.8, 4) is 0 Å². The summed E-state index contributed by atoms with van der Waals surface area (Å²) in [6.45, 7) is 21.3. The summed E-state index contributed by atoms with van der Waals surface area (Å²) in [5.74, 6) is 4.89. The lowest BCUT2D eigenvalue weighted by atomic mass is 9.73. The molecule has 0 fully saturated rings. The maximum Gasteiger partial charge on any atom is -0.00153 e. The van der Waals surface area contributed by atoms with E-state index in [0.717, 1.165) is 35.5 Å². The molecular formula is C19H41N. The predicted octanol–water partition coefficient (Wildman–Crippen LogP) is 5.60. The average molecular weight is 284 g/mol. The molecule has 0 rings (SSSR count). The number of nitrogens with one attached hydrogen (secondary N) is 1. The molecule has 2 unspecified atom stereocenters. The van der Waals surface area contributed by atoms with Crippen molar-refractivity contribution in [3.05, 3.63) is 0 Å². The number of hydrogen-bond donors (Lipinski definition) is 1. The van der Waals surface area contributed by atoms with Crippen LogP contribution in [0.5, 0.6) is 0 Å². The quantitative estimate of drug-likeness (QED) is 0.486. The summed E-state index contributed by atoms with van der Waals surface area (Å²) in [5.41, 5.74) is 0. The Morgan fingerprint density at radius 2 is 1.25 bits per heavy atom. The minimum Gasteiger partial charge on any atom is -0.316 e. The largest absolute Gasteiger partial charge is 0.316 e. The van der Waals surface area contributed by atoms with Crippen LogP contribution in [-0.2, 0) is 0 Å². The molecule has 1 nitrogen and oxygen atoms in total. The predicted molar refractivity (Wildman–Crippen MR) is 93.1 cm³/mol. The van der Waals surface area contributed by atoms with E-state index in [9.17, 15) is 0 Å². The fourth-order valence-electron chi connectivity index (χ4n) is 3.27. The van der Waals surface area contributed by atoms with Gasteiger partial charge in [-0.2, -0.15) is 0 Å². The van der Waals surface area contributed by atoms with Crippen molar-refractivity contribution in [2.24, 2.45) is 35.5 Å². The maximum absolute atomic E-state index is 3.73. The van der Waals surface area contributed by atoms with Gasteiger partial charge in [0.25, 0.3) is 0 Å². The van der Waals surface area contributed by atoms with Crippen LogP contribution in [-0.4, -0.2) is 13.1 Å². The lowest BCUT2D eigenvalue weighted by Gasteiger charge is -2.34. The van der Waals surface area contributed by atoms with Gasteiger partial charge in [0.05, 0.1) is 0 Å². The molecule has 0 aromatic heterocycles. The molecule has 0 saturated heterocycles. The molecule has 122 valence electrons. The van der Waals surface area contributed by atoms with Gasteiger partial charge in [0.15, 0.2) is 0 Å². The first kappa shape index (κ1) is 20.0. The first-order valence-corrected chi connectivity index (χ1v) is 8.96. The fraction of sp³-hybridized carbons (Fsp3) is 1.00. The summed E-state index contributed by atoms with van der Waals surface area (Å²) in [6, 6.07) is 0. The Morgan fingerprint density at radius 3 is 1.65 bits per heavy atom. The molecule has 0 aromatic carbocycles. The average Bonchev–Trinajstić information content (AvgIpc) is 2.30. The number of rotatable bonds is 11. The normalized spacial score (nSPS) is 15.6. The van der Waals surface area contributed by atoms with Gasteiger partial charge in [-0.15, -0.1) is 0 Å². The van der Waals surface area contributed by atoms with Gasteiger partial charge in [0, 0.05) is 0 Å². The molecule has 1 heteroatoms. The first-order valence-electron chi connectivity index (χ1n) is 8.96. The van der Waals surface area contributed by atoms with E-state index in [-0.39, 0.29) is 0 Å². The Bertz CT molecular complexity index is 218. The van der Waals surface area contributed by atoms with Crippen molar-refractivity contribution < 1.29 is 0 Å². The van der Waals surface area contributed by atoms with Crippen molar-refractivity contribution in [1.29, 1.82) is 0 Å². The van der Waals surface area contributed by atoms with Crippen LogP contribution in [0.3, 0.4) is 0 Å². The van der Waals surface area contributed by atoms with Gasteiger partial charge >= 0.3 is 0 Å². The molecule has 0 amide bonds. The zero-order chi connectivity index (χ0) is 15.7. The summed E-state index contributed by atoms with van der Waals surface area (Å²) >= 11 is 0. The van der Waals surface area contributed by atoms with Crippen molar-refractivity contribution >= 4 is 0 Å². The van der Waals surface area contributed by atoms with E-state index in [1.54, 1.807) is 0 Å². The van der Waals surface area contributed by atoms with Gasteiger partial charge < -0.3 is 5.32 Å². The monoisotopic (exact) mass is 283 g/mol. The molecule has 1 N–H and O–H groups in total. The maximum atomic E-state index is 3.73. The summed E-state index contributed by atoms with van der Waals surface area (Å²) in [6.07, 6.45) is 4.03. The van der Waals surface area contributed by atoms with E-state index in [0.29, 0.717) is 0 Å². The Morgan fingerprint density at radius 1 is 0.700 bits per heavy atom. The molecule has 0 heterocycles. The molecule has 0 radical (unpaired) electrons. The van der Waals surface area contributed by atoms with Crippen molar-refractivity contribution in [2.75, 3.05) is 13.1 Å². The molecule has 0 aliphatic rings. The topological polar surface area (TPSA) is 12.0 Å². The SMILES string of the molecule is CC(C)CCCNCC(C(C)C)C(CC(C)C)C(C)C. The van der Waals surface area contributed by atoms with Crippen LogP contribution in [0.15, 0.2) is 0 Å². The standard InChI is InChI=1S/C19H41N/c1-14(2)10-9-11-20-13-19(17(7)8)18(16(5)6)12-15(3)4/h14-20H,9-13H2,1-8H3. The van der Waals surface area contributed by atoms with Crippen molar-refractivity contribution in [2.45, 2.75) is 74.7 Å². The van der Waals surface area contributed by atoms with Crippen molar-refractivity contribution in [1.82, 2.24) is 5.32 Å². The molecule has 0 aromatic rings. The Balaban J connectivity index is 4.31. The van der Waals surface area contributed by atoms with E-state index >= 15 is 0 Å². The second kappa shape index (κ2) is 10.7. The Hall–Kier alpha value is -0.0400. The van der Waals surface area contributed by atoms with Gasteiger partial charge in [0.1, 0.15) is 0 Å². The molecule has 0 aliphatic carbocycles. The highest BCUT2D eigenvalue weighted by atomic mass is 14.9. The highest BCUT2D eigenvalue weighted by molar-refractivity contribution is 4.78. The molecular weight excluding hydrogens is 242 g/mol. The highest BCUT2D eigenvalue weighted by Crippen LogP contribution is 2.32. The summed E-state index contributed by atoms with van der Waals surface area (Å²) in [4.78, 5) is 0. The lowest BCUT2D eigenvalue weighted by molar-refractivity contribution is 0.163. The molecule has 0 saturated carbocycles. The molecule has 20 heavy (non-hydrogen) atoms. The third-order valence-corrected chi connectivity index (χ3v) is 4.52. The zero-order valence-corrected chi connectivity index (χ0v) is 15.5. The summed E-state index contributed by atoms with van der Waals surface area (Å²) in [7, 11) is 0. The van der Waals surface area contributed by atoms with Gasteiger partial charge in [-0.3, -0.25) is 0 Å². The van der Waals surface area contributed by atoms with Crippen LogP contribution >= 0.6 is 0 Å². The van der Waals surface area contributed by atoms with Crippen LogP contribution in [0.4, 0.5) is 0 Å². The highest BCUT2D eigenvalue weighted by Gasteiger charge is 2.27. The zero-order valence-electron chi connectivity index (χ0n) is 15.5. The van der Waals surface area contributed by atoms with E-state index in [4.69, 9.17) is 0 Å². The lowest BCUT2D eigenvalue weighted by Crippen LogP contribution is -2.35. The Kier molecular flexibility index (Phi) is 10.6. The fourth-order valence-corrected chi connectivity index (χ4v) is 3.27. The van der Waals surface area contributed by atoms with Gasteiger partial charge in [-0.25, -0.2) is 0 Å². The summed E-state index contributed by atoms with van der Waals surface area (Å²) < 4.78 is 0. The minimum atomic E-state index is 0.777. The van der Waals surface area contributed by atoms with Crippen LogP contribution < -0.4 is 5.32 Å². The smallest absolute Gasteiger partial charge is 0.00153 e. The number of hydrogen-bond acceptors (Lipinski definition) is 1. The van der Waals surface area contributed by atoms with Crippen LogP contribution in [0.1, 0.15) is 74.7 Å². The van der Waals surface area contributed by atoms with Crippen LogP contribution in [0, 0.1) is 35.5 Å².